The topological polar surface area (TPSA) is 20.2 Å². The van der Waals surface area contributed by atoms with Crippen LogP contribution in [0.25, 0.3) is 0 Å². The first-order valence-electron chi connectivity index (χ1n) is 24.7. The molecule has 0 unspecified atom stereocenters. The monoisotopic (exact) mass is 1190 g/mol. The molecule has 0 fully saturated rings. The maximum atomic E-state index is 11.4. The van der Waals surface area contributed by atoms with Crippen LogP contribution in [0, 0.1) is 0 Å². The van der Waals surface area contributed by atoms with E-state index in [2.05, 4.69) is 255 Å². The van der Waals surface area contributed by atoms with Crippen molar-refractivity contribution in [1.29, 1.82) is 0 Å². The van der Waals surface area contributed by atoms with E-state index < -0.39 is 30.9 Å². The Bertz CT molecular complexity index is 2930. The van der Waals surface area contributed by atoms with E-state index in [1.165, 1.54) is 47.7 Å². The Morgan fingerprint density at radius 3 is 0.645 bits per heavy atom. The maximum absolute atomic E-state index is 11.4. The Hall–Kier alpha value is -5.60. The van der Waals surface area contributed by atoms with Gasteiger partial charge in [-0.2, -0.15) is 0 Å². The molecule has 0 spiro atoms. The predicted octanol–water partition coefficient (Wildman–Crippen LogP) is 11.5. The van der Waals surface area contributed by atoms with Gasteiger partial charge in [0.05, 0.1) is 38.9 Å². The number of hydrogen-bond acceptors (Lipinski definition) is 1. The van der Waals surface area contributed by atoms with Gasteiger partial charge in [-0.3, -0.25) is 0 Å². The molecule has 12 rings (SSSR count). The third kappa shape index (κ3) is 15.8. The van der Waals surface area contributed by atoms with Gasteiger partial charge in [-0.1, -0.05) is 194 Å². The summed E-state index contributed by atoms with van der Waals surface area (Å²) < 4.78 is 0. The number of allylic oxidation sites excluding steroid dienone is 4. The Labute approximate surface area is 486 Å². The number of hydrogen-bond donors (Lipinski definition) is 1. The van der Waals surface area contributed by atoms with E-state index in [9.17, 15) is 4.89 Å². The standard InChI is InChI=1S/C17H15OP.3C17H15P.Cu.2Fe/c18-19(17-13-7-8-14-17,15-9-3-1-4-10-15)16-11-5-2-6-12-16;3*1-3-9-15(10-4-1)18(17-13-7-8-14-17)16-11-5-2-6-12-16;;;/h1-14,18H;3*1-14,18H;;;/q;;;;+1;;. The van der Waals surface area contributed by atoms with E-state index in [1.54, 1.807) is 0 Å². The van der Waals surface area contributed by atoms with Crippen molar-refractivity contribution in [1.82, 2.24) is 0 Å². The number of benzene rings is 8. The van der Waals surface area contributed by atoms with Crippen LogP contribution in [-0.2, 0) is 51.2 Å². The van der Waals surface area contributed by atoms with Gasteiger partial charge in [0.15, 0.2) is 0 Å². The van der Waals surface area contributed by atoms with E-state index in [0.717, 1.165) is 15.9 Å². The molecule has 0 saturated carbocycles. The maximum Gasteiger partial charge on any atom is 1.00 e. The van der Waals surface area contributed by atoms with Gasteiger partial charge in [-0.25, -0.2) is 36.4 Å². The second-order valence-corrected chi connectivity index (χ2v) is 27.6. The fourth-order valence-corrected chi connectivity index (χ4v) is 19.5. The van der Waals surface area contributed by atoms with Crippen molar-refractivity contribution in [2.45, 2.75) is 0 Å². The minimum absolute atomic E-state index is 0. The quantitative estimate of drug-likeness (QED) is 0.0777. The summed E-state index contributed by atoms with van der Waals surface area (Å²) in [6.45, 7) is 0. The van der Waals surface area contributed by atoms with Crippen molar-refractivity contribution in [3.8, 4) is 0 Å². The minimum atomic E-state index is -2.48. The summed E-state index contributed by atoms with van der Waals surface area (Å²) in [4.78, 5) is 11.4. The zero-order valence-electron chi connectivity index (χ0n) is 41.7. The molecule has 0 atom stereocenters. The second-order valence-electron chi connectivity index (χ2n) is 17.3. The zero-order chi connectivity index (χ0) is 49.8. The summed E-state index contributed by atoms with van der Waals surface area (Å²) >= 11 is 0. The molecule has 384 valence electrons. The van der Waals surface area contributed by atoms with Crippen LogP contribution in [-0.4, -0.2) is 10.2 Å². The van der Waals surface area contributed by atoms with Gasteiger partial charge in [-0.05, 0) is 88.7 Å². The number of rotatable bonds is 11. The van der Waals surface area contributed by atoms with Gasteiger partial charge in [-0.15, -0.1) is 36.4 Å². The molecule has 0 heterocycles. The molecule has 0 amide bonds. The summed E-state index contributed by atoms with van der Waals surface area (Å²) in [6, 6.07) is 111. The van der Waals surface area contributed by atoms with Crippen LogP contribution >= 0.6 is 30.9 Å². The van der Waals surface area contributed by atoms with Crippen molar-refractivity contribution in [2.75, 3.05) is 0 Å². The van der Waals surface area contributed by atoms with Crippen LogP contribution in [0.2, 0.25) is 0 Å². The average Bonchev–Trinajstić information content (AvgIpc) is 4.36. The Morgan fingerprint density at radius 2 is 0.447 bits per heavy atom. The van der Waals surface area contributed by atoms with Crippen molar-refractivity contribution >= 4 is 94.5 Å². The van der Waals surface area contributed by atoms with Gasteiger partial charge in [0.1, 0.15) is 0 Å². The Morgan fingerprint density at radius 1 is 0.263 bits per heavy atom. The molecule has 11 aromatic carbocycles. The van der Waals surface area contributed by atoms with Crippen LogP contribution in [0.4, 0.5) is 0 Å². The molecule has 0 aliphatic heterocycles. The van der Waals surface area contributed by atoms with Crippen molar-refractivity contribution in [3.05, 3.63) is 340 Å². The van der Waals surface area contributed by atoms with Crippen LogP contribution in [0.3, 0.4) is 0 Å². The summed E-state index contributed by atoms with van der Waals surface area (Å²) in [7, 11) is -4.98. The second kappa shape index (κ2) is 31.6. The molecule has 0 radical (unpaired) electrons. The van der Waals surface area contributed by atoms with Gasteiger partial charge >= 0.3 is 17.1 Å². The Balaban J connectivity index is 0.000000162. The van der Waals surface area contributed by atoms with Crippen LogP contribution in [0.15, 0.2) is 340 Å². The molecule has 0 aromatic heterocycles. The van der Waals surface area contributed by atoms with E-state index in [0.29, 0.717) is 0 Å². The molecule has 0 saturated heterocycles. The summed E-state index contributed by atoms with van der Waals surface area (Å²) in [5, 5.41) is 16.0. The SMILES string of the molecule is OP(=C1C=CC=C1)(c1ccccc1)c1ccccc1.[Cu+].[Fe].[Fe].c1ccc([PH+](c2ccccc2)[c-]2cccc2)cc1.c1ccc([PH+](c2ccccc2)[c-]2cccc2)cc1.c1ccc([PH+](c2ccccc2)[c-]2cccc2)cc1. The first kappa shape index (κ1) is 59.6. The first-order chi connectivity index (χ1) is 36.2. The van der Waals surface area contributed by atoms with Gasteiger partial charge < -0.3 is 4.89 Å². The van der Waals surface area contributed by atoms with Crippen molar-refractivity contribution in [3.63, 3.8) is 0 Å². The van der Waals surface area contributed by atoms with E-state index in [1.807, 2.05) is 85.0 Å². The third-order valence-corrected chi connectivity index (χ3v) is 23.8. The normalized spacial score (nSPS) is 11.1. The molecule has 1 aliphatic rings. The molecule has 1 nitrogen and oxygen atoms in total. The van der Waals surface area contributed by atoms with Crippen LogP contribution < -0.4 is 58.3 Å². The molecule has 1 aliphatic carbocycles. The third-order valence-electron chi connectivity index (χ3n) is 12.5. The average molecular weight is 1190 g/mol. The van der Waals surface area contributed by atoms with Gasteiger partial charge in [0.2, 0.25) is 0 Å². The van der Waals surface area contributed by atoms with Crippen LogP contribution in [0.5, 0.6) is 0 Å². The summed E-state index contributed by atoms with van der Waals surface area (Å²) in [5.74, 6) is 0. The fourth-order valence-electron chi connectivity index (χ4n) is 9.07. The van der Waals surface area contributed by atoms with Crippen LogP contribution in [0.1, 0.15) is 0 Å². The van der Waals surface area contributed by atoms with Gasteiger partial charge in [0, 0.05) is 73.8 Å². The summed E-state index contributed by atoms with van der Waals surface area (Å²) in [6.07, 6.45) is 7.97. The van der Waals surface area contributed by atoms with E-state index in [-0.39, 0.29) is 51.2 Å². The molecule has 1 N–H and O–H groups in total. The van der Waals surface area contributed by atoms with E-state index >= 15 is 0 Å². The first-order valence-corrected chi connectivity index (χ1v) is 31.0. The molecule has 76 heavy (non-hydrogen) atoms. The van der Waals surface area contributed by atoms with Crippen molar-refractivity contribution < 1.29 is 56.1 Å². The molecule has 11 aromatic rings. The van der Waals surface area contributed by atoms with Gasteiger partial charge in [0.25, 0.3) is 0 Å². The molecule has 8 heteroatoms. The summed E-state index contributed by atoms with van der Waals surface area (Å²) in [5.41, 5.74) is 0. The molecular weight excluding hydrogens is 1130 g/mol. The molecular formula is C68H60CuFe2OP4+. The molecule has 0 bridgehead atoms. The Kier molecular flexibility index (Phi) is 24.8. The predicted molar refractivity (Wildman–Crippen MR) is 331 cm³/mol. The smallest absolute Gasteiger partial charge is 0.366 e. The zero-order valence-corrected chi connectivity index (χ0v) is 48.8. The largest absolute Gasteiger partial charge is 1.00 e. The van der Waals surface area contributed by atoms with E-state index in [4.69, 9.17) is 0 Å². The minimum Gasteiger partial charge on any atom is -0.366 e. The fraction of sp³-hybridized carbons (Fsp3) is 0. The van der Waals surface area contributed by atoms with Crippen molar-refractivity contribution in [2.24, 2.45) is 0 Å².